The number of hydrogen-bond acceptors (Lipinski definition) is 3. The normalized spacial score (nSPS) is 12.4. The predicted octanol–water partition coefficient (Wildman–Crippen LogP) is 2.99. The highest BCUT2D eigenvalue weighted by atomic mass is 127. The molecule has 0 aromatic heterocycles. The maximum atomic E-state index is 5.02. The summed E-state index contributed by atoms with van der Waals surface area (Å²) in [6.07, 6.45) is 0.978. The molecule has 2 N–H and O–H groups in total. The Morgan fingerprint density at radius 3 is 2.62 bits per heavy atom. The number of rotatable bonds is 8. The van der Waals surface area contributed by atoms with Crippen molar-refractivity contribution < 1.29 is 4.74 Å². The van der Waals surface area contributed by atoms with Crippen LogP contribution in [0.25, 0.3) is 0 Å². The van der Waals surface area contributed by atoms with Crippen LogP contribution in [0.1, 0.15) is 13.3 Å². The van der Waals surface area contributed by atoms with Gasteiger partial charge in [-0.3, -0.25) is 4.99 Å². The molecule has 0 fully saturated rings. The third-order valence-electron chi connectivity index (χ3n) is 2.68. The molecule has 0 aliphatic rings. The minimum atomic E-state index is 0. The van der Waals surface area contributed by atoms with Crippen LogP contribution < -0.4 is 10.6 Å². The van der Waals surface area contributed by atoms with Crippen LogP contribution in [0.2, 0.25) is 0 Å². The average molecular weight is 423 g/mol. The zero-order chi connectivity index (χ0) is 14.6. The smallest absolute Gasteiger partial charge is 0.191 e. The number of halogens is 1. The number of nitrogens with one attached hydrogen (secondary N) is 2. The fourth-order valence-electron chi connectivity index (χ4n) is 1.66. The molecule has 1 atom stereocenters. The summed E-state index contributed by atoms with van der Waals surface area (Å²) < 4.78 is 5.02. The Morgan fingerprint density at radius 2 is 2.00 bits per heavy atom. The van der Waals surface area contributed by atoms with Gasteiger partial charge in [0.25, 0.3) is 0 Å². The van der Waals surface area contributed by atoms with E-state index in [2.05, 4.69) is 46.8 Å². The molecular weight excluding hydrogens is 397 g/mol. The second-order valence-electron chi connectivity index (χ2n) is 4.47. The molecule has 0 bridgehead atoms. The van der Waals surface area contributed by atoms with Gasteiger partial charge in [0, 0.05) is 44.0 Å². The van der Waals surface area contributed by atoms with Gasteiger partial charge >= 0.3 is 0 Å². The quantitative estimate of drug-likeness (QED) is 0.222. The topological polar surface area (TPSA) is 45.7 Å². The van der Waals surface area contributed by atoms with Crippen LogP contribution in [0, 0.1) is 0 Å². The Balaban J connectivity index is 0.00000400. The van der Waals surface area contributed by atoms with Crippen molar-refractivity contribution in [2.75, 3.05) is 33.9 Å². The largest absolute Gasteiger partial charge is 0.385 e. The van der Waals surface area contributed by atoms with E-state index < -0.39 is 0 Å². The van der Waals surface area contributed by atoms with Crippen molar-refractivity contribution in [3.8, 4) is 0 Å². The third kappa shape index (κ3) is 9.97. The van der Waals surface area contributed by atoms with Crippen LogP contribution in [0.4, 0.5) is 0 Å². The van der Waals surface area contributed by atoms with Crippen molar-refractivity contribution in [2.45, 2.75) is 23.5 Å². The Bertz CT molecular complexity index is 390. The molecule has 1 unspecified atom stereocenters. The van der Waals surface area contributed by atoms with E-state index in [-0.39, 0.29) is 24.0 Å². The Labute approximate surface area is 149 Å². The Kier molecular flexibility index (Phi) is 12.9. The van der Waals surface area contributed by atoms with E-state index in [0.717, 1.165) is 32.1 Å². The van der Waals surface area contributed by atoms with E-state index in [0.29, 0.717) is 5.25 Å². The SMILES string of the molecule is CN=C(NCCCOC)NCC(C)Sc1ccccc1.I. The first-order valence-electron chi connectivity index (χ1n) is 6.91. The lowest BCUT2D eigenvalue weighted by Crippen LogP contribution is -2.40. The summed E-state index contributed by atoms with van der Waals surface area (Å²) >= 11 is 1.86. The third-order valence-corrected chi connectivity index (χ3v) is 3.79. The summed E-state index contributed by atoms with van der Waals surface area (Å²) in [4.78, 5) is 5.51. The molecule has 0 spiro atoms. The van der Waals surface area contributed by atoms with Crippen molar-refractivity contribution >= 4 is 41.7 Å². The molecule has 0 saturated heterocycles. The van der Waals surface area contributed by atoms with Crippen molar-refractivity contribution in [2.24, 2.45) is 4.99 Å². The van der Waals surface area contributed by atoms with E-state index in [9.17, 15) is 0 Å². The molecule has 6 heteroatoms. The van der Waals surface area contributed by atoms with Gasteiger partial charge in [-0.05, 0) is 18.6 Å². The number of aliphatic imine (C=N–C) groups is 1. The van der Waals surface area contributed by atoms with E-state index in [1.807, 2.05) is 17.8 Å². The van der Waals surface area contributed by atoms with Gasteiger partial charge in [-0.15, -0.1) is 35.7 Å². The fourth-order valence-corrected chi connectivity index (χ4v) is 2.60. The van der Waals surface area contributed by atoms with Gasteiger partial charge in [0.2, 0.25) is 0 Å². The van der Waals surface area contributed by atoms with Gasteiger partial charge in [0.15, 0.2) is 5.96 Å². The first-order valence-corrected chi connectivity index (χ1v) is 7.79. The number of hydrogen-bond donors (Lipinski definition) is 2. The first-order chi connectivity index (χ1) is 9.76. The Morgan fingerprint density at radius 1 is 1.29 bits per heavy atom. The molecule has 1 aromatic carbocycles. The highest BCUT2D eigenvalue weighted by molar-refractivity contribution is 14.0. The molecule has 0 aliphatic carbocycles. The summed E-state index contributed by atoms with van der Waals surface area (Å²) in [6.45, 7) is 4.73. The van der Waals surface area contributed by atoms with Gasteiger partial charge in [-0.25, -0.2) is 0 Å². The fraction of sp³-hybridized carbons (Fsp3) is 0.533. The van der Waals surface area contributed by atoms with Gasteiger partial charge in [-0.1, -0.05) is 25.1 Å². The maximum absolute atomic E-state index is 5.02. The standard InChI is InChI=1S/C15H25N3OS.HI/c1-13(20-14-8-5-4-6-9-14)12-18-15(16-2)17-10-7-11-19-3;/h4-6,8-9,13H,7,10-12H2,1-3H3,(H2,16,17,18);1H. The monoisotopic (exact) mass is 423 g/mol. The van der Waals surface area contributed by atoms with E-state index in [4.69, 9.17) is 4.74 Å². The number of ether oxygens (including phenoxy) is 1. The van der Waals surface area contributed by atoms with E-state index in [1.165, 1.54) is 4.90 Å². The summed E-state index contributed by atoms with van der Waals surface area (Å²) in [5.74, 6) is 0.849. The van der Waals surface area contributed by atoms with Crippen molar-refractivity contribution in [1.29, 1.82) is 0 Å². The molecule has 0 aliphatic heterocycles. The van der Waals surface area contributed by atoms with Crippen LogP contribution in [0.3, 0.4) is 0 Å². The van der Waals surface area contributed by atoms with Crippen LogP contribution in [-0.4, -0.2) is 45.1 Å². The van der Waals surface area contributed by atoms with Crippen molar-refractivity contribution in [1.82, 2.24) is 10.6 Å². The molecular formula is C15H26IN3OS. The van der Waals surface area contributed by atoms with Gasteiger partial charge in [-0.2, -0.15) is 0 Å². The van der Waals surface area contributed by atoms with Gasteiger partial charge < -0.3 is 15.4 Å². The van der Waals surface area contributed by atoms with Gasteiger partial charge in [0.1, 0.15) is 0 Å². The molecule has 0 amide bonds. The minimum absolute atomic E-state index is 0. The lowest BCUT2D eigenvalue weighted by Gasteiger charge is -2.15. The lowest BCUT2D eigenvalue weighted by atomic mass is 10.4. The average Bonchev–Trinajstić information content (AvgIpc) is 2.47. The van der Waals surface area contributed by atoms with Crippen molar-refractivity contribution in [3.63, 3.8) is 0 Å². The molecule has 21 heavy (non-hydrogen) atoms. The second-order valence-corrected chi connectivity index (χ2v) is 5.98. The molecule has 0 radical (unpaired) electrons. The van der Waals surface area contributed by atoms with Gasteiger partial charge in [0.05, 0.1) is 0 Å². The minimum Gasteiger partial charge on any atom is -0.385 e. The predicted molar refractivity (Wildman–Crippen MR) is 103 cm³/mol. The summed E-state index contributed by atoms with van der Waals surface area (Å²) in [5, 5.41) is 7.10. The number of nitrogens with zero attached hydrogens (tertiary/aromatic N) is 1. The molecule has 0 heterocycles. The number of benzene rings is 1. The summed E-state index contributed by atoms with van der Waals surface area (Å²) in [5.41, 5.74) is 0. The highest BCUT2D eigenvalue weighted by Gasteiger charge is 2.05. The lowest BCUT2D eigenvalue weighted by molar-refractivity contribution is 0.195. The molecule has 4 nitrogen and oxygen atoms in total. The summed E-state index contributed by atoms with van der Waals surface area (Å²) in [7, 11) is 3.51. The Hall–Kier alpha value is -0.470. The van der Waals surface area contributed by atoms with Crippen LogP contribution in [0.15, 0.2) is 40.2 Å². The molecule has 1 rings (SSSR count). The zero-order valence-electron chi connectivity index (χ0n) is 13.0. The molecule has 120 valence electrons. The molecule has 1 aromatic rings. The highest BCUT2D eigenvalue weighted by Crippen LogP contribution is 2.21. The molecule has 0 saturated carbocycles. The number of guanidine groups is 1. The first kappa shape index (κ1) is 20.5. The number of methoxy groups -OCH3 is 1. The van der Waals surface area contributed by atoms with E-state index in [1.54, 1.807) is 14.2 Å². The van der Waals surface area contributed by atoms with Crippen LogP contribution in [0.5, 0.6) is 0 Å². The zero-order valence-corrected chi connectivity index (χ0v) is 16.1. The van der Waals surface area contributed by atoms with E-state index >= 15 is 0 Å². The van der Waals surface area contributed by atoms with Crippen LogP contribution >= 0.6 is 35.7 Å². The number of thioether (sulfide) groups is 1. The summed E-state index contributed by atoms with van der Waals surface area (Å²) in [6, 6.07) is 10.5. The maximum Gasteiger partial charge on any atom is 0.191 e. The van der Waals surface area contributed by atoms with Crippen LogP contribution in [-0.2, 0) is 4.74 Å². The van der Waals surface area contributed by atoms with Crippen molar-refractivity contribution in [3.05, 3.63) is 30.3 Å². The second kappa shape index (κ2) is 13.2.